The number of piperazine rings is 1. The number of nitrogens with one attached hydrogen (secondary N) is 1. The Bertz CT molecular complexity index is 394. The summed E-state index contributed by atoms with van der Waals surface area (Å²) >= 11 is 0. The Morgan fingerprint density at radius 2 is 2.17 bits per heavy atom. The number of hydrogen-bond acceptors (Lipinski definition) is 3. The predicted octanol–water partition coefficient (Wildman–Crippen LogP) is 2.44. The summed E-state index contributed by atoms with van der Waals surface area (Å²) in [5, 5.41) is 3.52. The number of hydrogen-bond donors (Lipinski definition) is 1. The van der Waals surface area contributed by atoms with E-state index < -0.39 is 0 Å². The smallest absolute Gasteiger partial charge is 0.119 e. The van der Waals surface area contributed by atoms with Gasteiger partial charge in [-0.3, -0.25) is 4.90 Å². The van der Waals surface area contributed by atoms with Crippen molar-refractivity contribution in [1.82, 2.24) is 10.2 Å². The summed E-state index contributed by atoms with van der Waals surface area (Å²) in [6.07, 6.45) is 0. The van der Waals surface area contributed by atoms with Crippen LogP contribution >= 0.6 is 0 Å². The summed E-state index contributed by atoms with van der Waals surface area (Å²) in [4.78, 5) is 2.57. The molecule has 1 heterocycles. The second-order valence-electron chi connectivity index (χ2n) is 5.31. The van der Waals surface area contributed by atoms with Gasteiger partial charge in [-0.15, -0.1) is 0 Å². The van der Waals surface area contributed by atoms with Gasteiger partial charge in [0.15, 0.2) is 0 Å². The van der Waals surface area contributed by atoms with Crippen molar-refractivity contribution in [3.05, 3.63) is 29.8 Å². The maximum absolute atomic E-state index is 5.31. The molecule has 1 fully saturated rings. The second kappa shape index (κ2) is 5.72. The Morgan fingerprint density at radius 1 is 1.39 bits per heavy atom. The van der Waals surface area contributed by atoms with Crippen LogP contribution in [0.15, 0.2) is 24.3 Å². The lowest BCUT2D eigenvalue weighted by Gasteiger charge is -2.41. The molecule has 1 N–H and O–H groups in total. The van der Waals surface area contributed by atoms with Gasteiger partial charge in [0.2, 0.25) is 0 Å². The molecule has 0 bridgehead atoms. The minimum absolute atomic E-state index is 0.430. The molecule has 3 unspecified atom stereocenters. The lowest BCUT2D eigenvalue weighted by molar-refractivity contribution is 0.103. The predicted molar refractivity (Wildman–Crippen MR) is 75.0 cm³/mol. The van der Waals surface area contributed by atoms with Gasteiger partial charge in [-0.05, 0) is 38.5 Å². The molecule has 1 aromatic carbocycles. The molecule has 100 valence electrons. The minimum Gasteiger partial charge on any atom is -0.497 e. The molecule has 3 atom stereocenters. The van der Waals surface area contributed by atoms with Gasteiger partial charge in [0.05, 0.1) is 7.11 Å². The highest BCUT2D eigenvalue weighted by molar-refractivity contribution is 5.30. The Kier molecular flexibility index (Phi) is 4.25. The summed E-state index contributed by atoms with van der Waals surface area (Å²) in [7, 11) is 1.72. The number of benzene rings is 1. The van der Waals surface area contributed by atoms with Gasteiger partial charge in [0.25, 0.3) is 0 Å². The van der Waals surface area contributed by atoms with Crippen molar-refractivity contribution in [1.29, 1.82) is 0 Å². The van der Waals surface area contributed by atoms with E-state index in [2.05, 4.69) is 49.2 Å². The van der Waals surface area contributed by atoms with Crippen molar-refractivity contribution in [2.75, 3.05) is 20.2 Å². The molecule has 0 spiro atoms. The first kappa shape index (κ1) is 13.4. The van der Waals surface area contributed by atoms with Crippen LogP contribution in [0.25, 0.3) is 0 Å². The van der Waals surface area contributed by atoms with Crippen molar-refractivity contribution >= 4 is 0 Å². The molecule has 1 aromatic rings. The maximum atomic E-state index is 5.31. The van der Waals surface area contributed by atoms with E-state index in [1.165, 1.54) is 5.56 Å². The van der Waals surface area contributed by atoms with Crippen LogP contribution in [0.2, 0.25) is 0 Å². The standard InChI is InChI=1S/C15H24N2O/c1-11-10-17(12(2)9-16-11)13(3)14-6-5-7-15(8-14)18-4/h5-8,11-13,16H,9-10H2,1-4H3. The van der Waals surface area contributed by atoms with E-state index in [1.54, 1.807) is 7.11 Å². The van der Waals surface area contributed by atoms with Crippen molar-refractivity contribution in [2.24, 2.45) is 0 Å². The zero-order valence-electron chi connectivity index (χ0n) is 11.8. The molecule has 3 heteroatoms. The van der Waals surface area contributed by atoms with Crippen LogP contribution in [0.4, 0.5) is 0 Å². The highest BCUT2D eigenvalue weighted by Gasteiger charge is 2.27. The first-order chi connectivity index (χ1) is 8.61. The molecule has 0 aliphatic carbocycles. The molecule has 0 aromatic heterocycles. The lowest BCUT2D eigenvalue weighted by atomic mass is 10.0. The number of rotatable bonds is 3. The largest absolute Gasteiger partial charge is 0.497 e. The third kappa shape index (κ3) is 2.85. The average molecular weight is 248 g/mol. The first-order valence-electron chi connectivity index (χ1n) is 6.75. The van der Waals surface area contributed by atoms with Crippen molar-refractivity contribution in [3.63, 3.8) is 0 Å². The number of ether oxygens (including phenoxy) is 1. The molecule has 3 nitrogen and oxygen atoms in total. The summed E-state index contributed by atoms with van der Waals surface area (Å²) in [6, 6.07) is 9.97. The van der Waals surface area contributed by atoms with Crippen LogP contribution in [0.3, 0.4) is 0 Å². The topological polar surface area (TPSA) is 24.5 Å². The molecule has 1 aliphatic heterocycles. The van der Waals surface area contributed by atoms with Crippen LogP contribution in [0, 0.1) is 0 Å². The van der Waals surface area contributed by atoms with Crippen molar-refractivity contribution < 1.29 is 4.74 Å². The Morgan fingerprint density at radius 3 is 2.89 bits per heavy atom. The molecule has 0 amide bonds. The first-order valence-corrected chi connectivity index (χ1v) is 6.75. The maximum Gasteiger partial charge on any atom is 0.119 e. The van der Waals surface area contributed by atoms with Gasteiger partial charge in [0.1, 0.15) is 5.75 Å². The van der Waals surface area contributed by atoms with E-state index in [1.807, 2.05) is 6.07 Å². The summed E-state index contributed by atoms with van der Waals surface area (Å²) < 4.78 is 5.31. The third-order valence-electron chi connectivity index (χ3n) is 3.89. The van der Waals surface area contributed by atoms with Crippen LogP contribution < -0.4 is 10.1 Å². The zero-order valence-corrected chi connectivity index (χ0v) is 11.8. The van der Waals surface area contributed by atoms with Crippen molar-refractivity contribution in [2.45, 2.75) is 38.9 Å². The highest BCUT2D eigenvalue weighted by Crippen LogP contribution is 2.26. The average Bonchev–Trinajstić information content (AvgIpc) is 2.41. The van der Waals surface area contributed by atoms with E-state index in [-0.39, 0.29) is 0 Å². The molecule has 1 aliphatic rings. The highest BCUT2D eigenvalue weighted by atomic mass is 16.5. The van der Waals surface area contributed by atoms with Crippen LogP contribution in [0.1, 0.15) is 32.4 Å². The fourth-order valence-corrected chi connectivity index (χ4v) is 2.68. The minimum atomic E-state index is 0.430. The van der Waals surface area contributed by atoms with Gasteiger partial charge >= 0.3 is 0 Å². The van der Waals surface area contributed by atoms with Crippen LogP contribution in [-0.2, 0) is 0 Å². The van der Waals surface area contributed by atoms with E-state index in [9.17, 15) is 0 Å². The van der Waals surface area contributed by atoms with Crippen molar-refractivity contribution in [3.8, 4) is 5.75 Å². The summed E-state index contributed by atoms with van der Waals surface area (Å²) in [5.74, 6) is 0.940. The van der Waals surface area contributed by atoms with E-state index in [0.29, 0.717) is 18.1 Å². The lowest BCUT2D eigenvalue weighted by Crippen LogP contribution is -2.54. The Balaban J connectivity index is 2.15. The van der Waals surface area contributed by atoms with E-state index >= 15 is 0 Å². The normalized spacial score (nSPS) is 26.9. The van der Waals surface area contributed by atoms with Gasteiger partial charge in [-0.1, -0.05) is 12.1 Å². The summed E-state index contributed by atoms with van der Waals surface area (Å²) in [6.45, 7) is 8.98. The van der Waals surface area contributed by atoms with Gasteiger partial charge < -0.3 is 10.1 Å². The van der Waals surface area contributed by atoms with E-state index in [4.69, 9.17) is 4.74 Å². The molecular weight excluding hydrogens is 224 g/mol. The molecule has 0 radical (unpaired) electrons. The molecule has 2 rings (SSSR count). The third-order valence-corrected chi connectivity index (χ3v) is 3.89. The van der Waals surface area contributed by atoms with Gasteiger partial charge in [-0.2, -0.15) is 0 Å². The van der Waals surface area contributed by atoms with E-state index in [0.717, 1.165) is 18.8 Å². The van der Waals surface area contributed by atoms with Gasteiger partial charge in [0, 0.05) is 31.2 Å². The fraction of sp³-hybridized carbons (Fsp3) is 0.600. The number of nitrogens with zero attached hydrogens (tertiary/aromatic N) is 1. The second-order valence-corrected chi connectivity index (χ2v) is 5.31. The van der Waals surface area contributed by atoms with Crippen LogP contribution in [0.5, 0.6) is 5.75 Å². The Labute approximate surface area is 110 Å². The number of methoxy groups -OCH3 is 1. The molecule has 0 saturated carbocycles. The van der Waals surface area contributed by atoms with Gasteiger partial charge in [-0.25, -0.2) is 0 Å². The fourth-order valence-electron chi connectivity index (χ4n) is 2.68. The summed E-state index contributed by atoms with van der Waals surface area (Å²) in [5.41, 5.74) is 1.33. The monoisotopic (exact) mass is 248 g/mol. The molecular formula is C15H24N2O. The van der Waals surface area contributed by atoms with Crippen LogP contribution in [-0.4, -0.2) is 37.2 Å². The molecule has 18 heavy (non-hydrogen) atoms. The Hall–Kier alpha value is -1.06. The quantitative estimate of drug-likeness (QED) is 0.889. The SMILES string of the molecule is COc1cccc(C(C)N2CC(C)NCC2C)c1. The molecule has 1 saturated heterocycles. The zero-order chi connectivity index (χ0) is 13.1.